The van der Waals surface area contributed by atoms with E-state index in [1.165, 1.54) is 11.3 Å². The third kappa shape index (κ3) is 7.60. The topological polar surface area (TPSA) is 149 Å². The lowest BCUT2D eigenvalue weighted by Crippen LogP contribution is -2.47. The van der Waals surface area contributed by atoms with Gasteiger partial charge >= 0.3 is 5.97 Å². The quantitative estimate of drug-likeness (QED) is 0.184. The van der Waals surface area contributed by atoms with Crippen LogP contribution in [0.25, 0.3) is 22.0 Å². The summed E-state index contributed by atoms with van der Waals surface area (Å²) in [7, 11) is 0. The highest BCUT2D eigenvalue weighted by atomic mass is 32.1. The summed E-state index contributed by atoms with van der Waals surface area (Å²) in [5, 5.41) is 26.3. The van der Waals surface area contributed by atoms with E-state index in [1.54, 1.807) is 33.3 Å². The van der Waals surface area contributed by atoms with Crippen molar-refractivity contribution in [3.05, 3.63) is 53.6 Å². The Balaban J connectivity index is 1.33. The predicted molar refractivity (Wildman–Crippen MR) is 164 cm³/mol. The van der Waals surface area contributed by atoms with Crippen LogP contribution in [0, 0.1) is 17.2 Å². The molecule has 12 nitrogen and oxygen atoms in total. The van der Waals surface area contributed by atoms with E-state index < -0.39 is 35.1 Å². The van der Waals surface area contributed by atoms with Gasteiger partial charge in [-0.3, -0.25) is 24.3 Å². The first kappa shape index (κ1) is 32.3. The number of nitrogens with zero attached hydrogens (tertiary/aromatic N) is 6. The third-order valence-corrected chi connectivity index (χ3v) is 8.52. The van der Waals surface area contributed by atoms with Crippen LogP contribution in [0.15, 0.2) is 36.1 Å². The number of halogens is 2. The van der Waals surface area contributed by atoms with Gasteiger partial charge in [0.15, 0.2) is 5.82 Å². The maximum atomic E-state index is 14.8. The van der Waals surface area contributed by atoms with Crippen molar-refractivity contribution in [2.24, 2.45) is 5.41 Å². The molecular formula is C30H36F2N8O4S. The molecule has 1 unspecified atom stereocenters. The minimum Gasteiger partial charge on any atom is -0.480 e. The zero-order chi connectivity index (χ0) is 32.3. The molecule has 0 aromatic carbocycles. The van der Waals surface area contributed by atoms with Crippen LogP contribution < -0.4 is 10.6 Å². The normalized spacial score (nSPS) is 17.7. The SMILES string of the molecule is CCOC1CCC(n2cc(NC(=O)c3csc(-c4cnn(CNC(C(=O)O)C(C)(C)C)c4)n3)c(-c3nc(F)ccc3F)n2)CC1. The molecule has 1 aliphatic carbocycles. The summed E-state index contributed by atoms with van der Waals surface area (Å²) < 4.78 is 37.9. The second-order valence-corrected chi connectivity index (χ2v) is 12.8. The van der Waals surface area contributed by atoms with Gasteiger partial charge in [0.2, 0.25) is 5.95 Å². The van der Waals surface area contributed by atoms with E-state index >= 15 is 0 Å². The minimum atomic E-state index is -0.955. The number of anilines is 1. The van der Waals surface area contributed by atoms with Crippen LogP contribution in [-0.2, 0) is 16.2 Å². The number of ether oxygens (including phenoxy) is 1. The van der Waals surface area contributed by atoms with E-state index in [0.717, 1.165) is 37.8 Å². The molecule has 1 atom stereocenters. The maximum Gasteiger partial charge on any atom is 0.321 e. The maximum absolute atomic E-state index is 14.8. The summed E-state index contributed by atoms with van der Waals surface area (Å²) in [6.07, 6.45) is 8.33. The zero-order valence-electron chi connectivity index (χ0n) is 25.5. The van der Waals surface area contributed by atoms with Gasteiger partial charge in [0.25, 0.3) is 5.91 Å². The Morgan fingerprint density at radius 3 is 2.58 bits per heavy atom. The summed E-state index contributed by atoms with van der Waals surface area (Å²) in [6.45, 7) is 8.28. The molecule has 1 fully saturated rings. The van der Waals surface area contributed by atoms with Crippen LogP contribution in [0.4, 0.5) is 14.5 Å². The van der Waals surface area contributed by atoms with Crippen molar-refractivity contribution in [2.75, 3.05) is 11.9 Å². The lowest BCUT2D eigenvalue weighted by Gasteiger charge is -2.28. The molecule has 1 saturated carbocycles. The lowest BCUT2D eigenvalue weighted by atomic mass is 9.87. The molecule has 0 aliphatic heterocycles. The van der Waals surface area contributed by atoms with Crippen LogP contribution in [-0.4, -0.2) is 65.3 Å². The first-order valence-corrected chi connectivity index (χ1v) is 15.6. The Hall–Kier alpha value is -4.08. The van der Waals surface area contributed by atoms with Crippen molar-refractivity contribution in [3.63, 3.8) is 0 Å². The molecule has 1 aliphatic rings. The molecule has 0 saturated heterocycles. The predicted octanol–water partition coefficient (Wildman–Crippen LogP) is 5.36. The second kappa shape index (κ2) is 13.5. The highest BCUT2D eigenvalue weighted by Crippen LogP contribution is 2.35. The fourth-order valence-corrected chi connectivity index (χ4v) is 6.12. The van der Waals surface area contributed by atoms with Gasteiger partial charge in [0, 0.05) is 29.9 Å². The standard InChI is InChI=1S/C30H36F2N8O4S/c1-5-44-19-8-6-18(7-9-19)40-14-21(25(38-40)24-20(31)10-11-23(32)37-24)35-27(41)22-15-45-28(36-22)17-12-34-39(13-17)16-33-26(29(42)43)30(2,3)4/h10-15,18-19,26,33H,5-9,16H2,1-4H3,(H,35,41)(H,42,43). The number of aliphatic carboxylic acids is 1. The molecule has 1 amide bonds. The highest BCUT2D eigenvalue weighted by molar-refractivity contribution is 7.13. The van der Waals surface area contributed by atoms with Gasteiger partial charge in [-0.2, -0.15) is 14.6 Å². The number of carbonyl (C=O) groups is 2. The van der Waals surface area contributed by atoms with Crippen LogP contribution in [0.3, 0.4) is 0 Å². The number of rotatable bonds is 11. The molecule has 45 heavy (non-hydrogen) atoms. The molecule has 240 valence electrons. The molecule has 4 heterocycles. The Bertz CT molecular complexity index is 1660. The fourth-order valence-electron chi connectivity index (χ4n) is 5.35. The minimum absolute atomic E-state index is 0.00573. The number of hydrogen-bond donors (Lipinski definition) is 3. The largest absolute Gasteiger partial charge is 0.480 e. The monoisotopic (exact) mass is 642 g/mol. The van der Waals surface area contributed by atoms with Crippen LogP contribution in [0.5, 0.6) is 0 Å². The molecule has 4 aromatic rings. The first-order chi connectivity index (χ1) is 21.4. The molecular weight excluding hydrogens is 606 g/mol. The molecule has 15 heteroatoms. The molecule has 0 bridgehead atoms. The smallest absolute Gasteiger partial charge is 0.321 e. The lowest BCUT2D eigenvalue weighted by molar-refractivity contribution is -0.142. The van der Waals surface area contributed by atoms with E-state index in [1.807, 2.05) is 27.7 Å². The number of carbonyl (C=O) groups excluding carboxylic acids is 1. The van der Waals surface area contributed by atoms with Crippen LogP contribution in [0.2, 0.25) is 0 Å². The number of hydrogen-bond acceptors (Lipinski definition) is 9. The van der Waals surface area contributed by atoms with E-state index in [4.69, 9.17) is 4.74 Å². The van der Waals surface area contributed by atoms with Crippen molar-refractivity contribution in [1.82, 2.24) is 34.8 Å². The Morgan fingerprint density at radius 1 is 1.13 bits per heavy atom. The second-order valence-electron chi connectivity index (χ2n) is 12.0. The average Bonchev–Trinajstić information content (AvgIpc) is 3.74. The fraction of sp³-hybridized carbons (Fsp3) is 0.467. The first-order valence-electron chi connectivity index (χ1n) is 14.7. The summed E-state index contributed by atoms with van der Waals surface area (Å²) in [5.74, 6) is -3.15. The van der Waals surface area contributed by atoms with Crippen molar-refractivity contribution in [1.29, 1.82) is 0 Å². The van der Waals surface area contributed by atoms with Gasteiger partial charge < -0.3 is 15.2 Å². The summed E-state index contributed by atoms with van der Waals surface area (Å²) in [5.41, 5.74) is 0.156. The van der Waals surface area contributed by atoms with Crippen molar-refractivity contribution >= 4 is 28.9 Å². The van der Waals surface area contributed by atoms with Gasteiger partial charge in [-0.25, -0.2) is 14.4 Å². The highest BCUT2D eigenvalue weighted by Gasteiger charge is 2.31. The number of amides is 1. The Labute approximate surface area is 262 Å². The molecule has 0 radical (unpaired) electrons. The Morgan fingerprint density at radius 2 is 1.89 bits per heavy atom. The summed E-state index contributed by atoms with van der Waals surface area (Å²) in [4.78, 5) is 33.2. The van der Waals surface area contributed by atoms with E-state index in [0.29, 0.717) is 17.2 Å². The average molecular weight is 643 g/mol. The van der Waals surface area contributed by atoms with Crippen molar-refractivity contribution < 1.29 is 28.2 Å². The zero-order valence-corrected chi connectivity index (χ0v) is 26.3. The van der Waals surface area contributed by atoms with E-state index in [-0.39, 0.29) is 41.6 Å². The van der Waals surface area contributed by atoms with Gasteiger partial charge in [-0.15, -0.1) is 11.3 Å². The number of pyridine rings is 1. The third-order valence-electron chi connectivity index (χ3n) is 7.62. The number of thiazole rings is 1. The van der Waals surface area contributed by atoms with Gasteiger partial charge in [0.1, 0.15) is 28.1 Å². The number of carboxylic acid groups (broad SMARTS) is 1. The van der Waals surface area contributed by atoms with E-state index in [2.05, 4.69) is 30.8 Å². The number of carboxylic acids is 1. The molecule has 4 aromatic heterocycles. The summed E-state index contributed by atoms with van der Waals surface area (Å²) >= 11 is 1.23. The number of aromatic nitrogens is 6. The van der Waals surface area contributed by atoms with Crippen LogP contribution >= 0.6 is 11.3 Å². The van der Waals surface area contributed by atoms with Crippen molar-refractivity contribution in [2.45, 2.75) is 78.2 Å². The molecule has 3 N–H and O–H groups in total. The Kier molecular flexibility index (Phi) is 9.70. The van der Waals surface area contributed by atoms with Crippen LogP contribution in [0.1, 0.15) is 69.9 Å². The summed E-state index contributed by atoms with van der Waals surface area (Å²) in [6, 6.07) is 1.11. The van der Waals surface area contributed by atoms with Gasteiger partial charge in [0.05, 0.1) is 30.7 Å². The van der Waals surface area contributed by atoms with Gasteiger partial charge in [-0.1, -0.05) is 20.8 Å². The van der Waals surface area contributed by atoms with Gasteiger partial charge in [-0.05, 0) is 50.2 Å². The molecule has 5 rings (SSSR count). The van der Waals surface area contributed by atoms with Crippen molar-refractivity contribution in [3.8, 4) is 22.0 Å². The van der Waals surface area contributed by atoms with E-state index in [9.17, 15) is 23.5 Å². The molecule has 0 spiro atoms. The number of nitrogens with one attached hydrogen (secondary N) is 2.